The Labute approximate surface area is 133 Å². The van der Waals surface area contributed by atoms with Gasteiger partial charge in [0.25, 0.3) is 5.91 Å². The maximum absolute atomic E-state index is 12.2. The molecule has 3 nitrogen and oxygen atoms in total. The average Bonchev–Trinajstić information content (AvgIpc) is 3.04. The van der Waals surface area contributed by atoms with Crippen molar-refractivity contribution in [2.24, 2.45) is 0 Å². The lowest BCUT2D eigenvalue weighted by atomic mass is 10.2. The number of anilines is 2. The molecule has 0 radical (unpaired) electrons. The van der Waals surface area contributed by atoms with Crippen LogP contribution in [0.25, 0.3) is 0 Å². The molecule has 0 aromatic heterocycles. The van der Waals surface area contributed by atoms with Crippen molar-refractivity contribution in [1.82, 2.24) is 0 Å². The van der Waals surface area contributed by atoms with E-state index in [1.165, 1.54) is 18.5 Å². The van der Waals surface area contributed by atoms with E-state index >= 15 is 0 Å². The molecule has 0 unspecified atom stereocenters. The van der Waals surface area contributed by atoms with Gasteiger partial charge in [-0.1, -0.05) is 15.9 Å². The Bertz CT molecular complexity index is 616. The Hall–Kier alpha value is -1.81. The molecule has 1 aliphatic heterocycles. The fraction of sp³-hybridized carbons (Fsp3) is 0.235. The second-order valence-corrected chi connectivity index (χ2v) is 6.12. The number of benzene rings is 2. The van der Waals surface area contributed by atoms with Crippen molar-refractivity contribution in [3.63, 3.8) is 0 Å². The first-order valence-corrected chi connectivity index (χ1v) is 7.93. The summed E-state index contributed by atoms with van der Waals surface area (Å²) in [4.78, 5) is 14.6. The highest BCUT2D eigenvalue weighted by Crippen LogP contribution is 2.21. The predicted molar refractivity (Wildman–Crippen MR) is 90.0 cm³/mol. The molecule has 3 rings (SSSR count). The van der Waals surface area contributed by atoms with Gasteiger partial charge in [0.2, 0.25) is 0 Å². The Morgan fingerprint density at radius 2 is 1.57 bits per heavy atom. The van der Waals surface area contributed by atoms with Gasteiger partial charge in [0.05, 0.1) is 0 Å². The number of carbonyl (C=O) groups excluding carboxylic acids is 1. The normalized spacial score (nSPS) is 14.2. The van der Waals surface area contributed by atoms with E-state index in [0.29, 0.717) is 5.56 Å². The van der Waals surface area contributed by atoms with E-state index in [1.807, 2.05) is 48.5 Å². The molecule has 21 heavy (non-hydrogen) atoms. The molecule has 2 aromatic rings. The van der Waals surface area contributed by atoms with Crippen molar-refractivity contribution in [1.29, 1.82) is 0 Å². The lowest BCUT2D eigenvalue weighted by molar-refractivity contribution is 0.102. The Balaban J connectivity index is 1.68. The van der Waals surface area contributed by atoms with Gasteiger partial charge in [-0.05, 0) is 61.4 Å². The zero-order chi connectivity index (χ0) is 14.7. The summed E-state index contributed by atoms with van der Waals surface area (Å²) in [5.74, 6) is -0.0784. The standard InChI is InChI=1S/C17H17BrN2O/c18-14-5-7-15(8-6-14)19-17(21)13-3-9-16(10-4-13)20-11-1-2-12-20/h3-10H,1-2,11-12H2,(H,19,21). The second kappa shape index (κ2) is 6.31. The van der Waals surface area contributed by atoms with Gasteiger partial charge < -0.3 is 10.2 Å². The molecule has 1 fully saturated rings. The summed E-state index contributed by atoms with van der Waals surface area (Å²) in [6.45, 7) is 2.23. The van der Waals surface area contributed by atoms with Gasteiger partial charge >= 0.3 is 0 Å². The monoisotopic (exact) mass is 344 g/mol. The second-order valence-electron chi connectivity index (χ2n) is 5.20. The van der Waals surface area contributed by atoms with Crippen LogP contribution in [-0.2, 0) is 0 Å². The molecule has 1 heterocycles. The third kappa shape index (κ3) is 3.45. The number of nitrogens with one attached hydrogen (secondary N) is 1. The smallest absolute Gasteiger partial charge is 0.255 e. The van der Waals surface area contributed by atoms with Crippen molar-refractivity contribution in [2.75, 3.05) is 23.3 Å². The minimum atomic E-state index is -0.0784. The Kier molecular flexibility index (Phi) is 4.25. The zero-order valence-electron chi connectivity index (χ0n) is 11.7. The van der Waals surface area contributed by atoms with Crippen molar-refractivity contribution in [2.45, 2.75) is 12.8 Å². The maximum Gasteiger partial charge on any atom is 0.255 e. The summed E-state index contributed by atoms with van der Waals surface area (Å²) < 4.78 is 0.996. The number of carbonyl (C=O) groups is 1. The van der Waals surface area contributed by atoms with Gasteiger partial charge in [0, 0.05) is 34.5 Å². The first-order chi connectivity index (χ1) is 10.2. The molecule has 0 bridgehead atoms. The van der Waals surface area contributed by atoms with Crippen LogP contribution < -0.4 is 10.2 Å². The Morgan fingerprint density at radius 1 is 0.952 bits per heavy atom. The van der Waals surface area contributed by atoms with E-state index in [-0.39, 0.29) is 5.91 Å². The molecule has 0 spiro atoms. The number of amides is 1. The van der Waals surface area contributed by atoms with Gasteiger partial charge in [0.15, 0.2) is 0 Å². The zero-order valence-corrected chi connectivity index (χ0v) is 13.3. The van der Waals surface area contributed by atoms with Crippen LogP contribution in [0.5, 0.6) is 0 Å². The molecule has 2 aromatic carbocycles. The topological polar surface area (TPSA) is 32.3 Å². The molecular formula is C17H17BrN2O. The highest BCUT2D eigenvalue weighted by molar-refractivity contribution is 9.10. The fourth-order valence-corrected chi connectivity index (χ4v) is 2.80. The highest BCUT2D eigenvalue weighted by atomic mass is 79.9. The summed E-state index contributed by atoms with van der Waals surface area (Å²) in [5, 5.41) is 2.90. The van der Waals surface area contributed by atoms with E-state index in [2.05, 4.69) is 26.1 Å². The third-order valence-corrected chi connectivity index (χ3v) is 4.23. The van der Waals surface area contributed by atoms with Crippen LogP contribution in [0.3, 0.4) is 0 Å². The molecule has 4 heteroatoms. The lowest BCUT2D eigenvalue weighted by Crippen LogP contribution is -2.18. The van der Waals surface area contributed by atoms with E-state index in [9.17, 15) is 4.79 Å². The first-order valence-electron chi connectivity index (χ1n) is 7.14. The van der Waals surface area contributed by atoms with Crippen LogP contribution in [0.1, 0.15) is 23.2 Å². The lowest BCUT2D eigenvalue weighted by Gasteiger charge is -2.17. The average molecular weight is 345 g/mol. The van der Waals surface area contributed by atoms with Gasteiger partial charge in [-0.15, -0.1) is 0 Å². The van der Waals surface area contributed by atoms with Crippen LogP contribution in [0.2, 0.25) is 0 Å². The number of halogens is 1. The summed E-state index contributed by atoms with van der Waals surface area (Å²) in [6.07, 6.45) is 2.51. The van der Waals surface area contributed by atoms with E-state index < -0.39 is 0 Å². The summed E-state index contributed by atoms with van der Waals surface area (Å²) in [7, 11) is 0. The van der Waals surface area contributed by atoms with Crippen molar-refractivity contribution in [3.8, 4) is 0 Å². The third-order valence-electron chi connectivity index (χ3n) is 3.70. The number of hydrogen-bond acceptors (Lipinski definition) is 2. The van der Waals surface area contributed by atoms with E-state index in [1.54, 1.807) is 0 Å². The van der Waals surface area contributed by atoms with E-state index in [0.717, 1.165) is 23.2 Å². The SMILES string of the molecule is O=C(Nc1ccc(Br)cc1)c1ccc(N2CCCC2)cc1. The minimum Gasteiger partial charge on any atom is -0.372 e. The number of hydrogen-bond donors (Lipinski definition) is 1. The molecule has 1 N–H and O–H groups in total. The van der Waals surface area contributed by atoms with Crippen LogP contribution in [0.4, 0.5) is 11.4 Å². The maximum atomic E-state index is 12.2. The molecule has 0 aliphatic carbocycles. The quantitative estimate of drug-likeness (QED) is 0.900. The molecule has 1 amide bonds. The molecular weight excluding hydrogens is 328 g/mol. The van der Waals surface area contributed by atoms with Crippen LogP contribution >= 0.6 is 15.9 Å². The van der Waals surface area contributed by atoms with Crippen LogP contribution in [-0.4, -0.2) is 19.0 Å². The van der Waals surface area contributed by atoms with Gasteiger partial charge in [-0.2, -0.15) is 0 Å². The van der Waals surface area contributed by atoms with Crippen LogP contribution in [0.15, 0.2) is 53.0 Å². The molecule has 1 aliphatic rings. The van der Waals surface area contributed by atoms with Crippen molar-refractivity contribution < 1.29 is 4.79 Å². The summed E-state index contributed by atoms with van der Waals surface area (Å²) in [5.41, 5.74) is 2.68. The van der Waals surface area contributed by atoms with Crippen molar-refractivity contribution in [3.05, 3.63) is 58.6 Å². The number of rotatable bonds is 3. The molecule has 108 valence electrons. The first kappa shape index (κ1) is 14.1. The van der Waals surface area contributed by atoms with Crippen LogP contribution in [0, 0.1) is 0 Å². The summed E-state index contributed by atoms with van der Waals surface area (Å²) >= 11 is 3.38. The summed E-state index contributed by atoms with van der Waals surface area (Å²) in [6, 6.07) is 15.4. The molecule has 1 saturated heterocycles. The van der Waals surface area contributed by atoms with Gasteiger partial charge in [0.1, 0.15) is 0 Å². The molecule has 0 atom stereocenters. The van der Waals surface area contributed by atoms with E-state index in [4.69, 9.17) is 0 Å². The predicted octanol–water partition coefficient (Wildman–Crippen LogP) is 4.30. The minimum absolute atomic E-state index is 0.0784. The largest absolute Gasteiger partial charge is 0.372 e. The van der Waals surface area contributed by atoms with Crippen molar-refractivity contribution >= 4 is 33.2 Å². The fourth-order valence-electron chi connectivity index (χ4n) is 2.54. The van der Waals surface area contributed by atoms with Gasteiger partial charge in [-0.25, -0.2) is 0 Å². The van der Waals surface area contributed by atoms with Gasteiger partial charge in [-0.3, -0.25) is 4.79 Å². The number of nitrogens with zero attached hydrogens (tertiary/aromatic N) is 1. The highest BCUT2D eigenvalue weighted by Gasteiger charge is 2.13. The molecule has 0 saturated carbocycles. The Morgan fingerprint density at radius 3 is 2.19 bits per heavy atom.